The van der Waals surface area contributed by atoms with E-state index in [0.29, 0.717) is 6.04 Å². The van der Waals surface area contributed by atoms with Gasteiger partial charge in [0.25, 0.3) is 0 Å². The molecule has 1 aliphatic rings. The van der Waals surface area contributed by atoms with Gasteiger partial charge in [-0.25, -0.2) is 0 Å². The molecule has 0 spiro atoms. The average molecular weight is 268 g/mol. The quantitative estimate of drug-likeness (QED) is 0.718. The largest absolute Gasteiger partial charge is 0.311 e. The van der Waals surface area contributed by atoms with Crippen LogP contribution in [0.1, 0.15) is 66.7 Å². The first-order valence-corrected chi connectivity index (χ1v) is 8.55. The second-order valence-electron chi connectivity index (χ2n) is 6.70. The van der Waals surface area contributed by atoms with Crippen molar-refractivity contribution in [3.05, 3.63) is 0 Å². The Bertz CT molecular complexity index is 225. The Morgan fingerprint density at radius 1 is 1.11 bits per heavy atom. The van der Waals surface area contributed by atoms with Crippen LogP contribution in [-0.4, -0.2) is 36.6 Å². The van der Waals surface area contributed by atoms with Crippen LogP contribution in [-0.2, 0) is 0 Å². The van der Waals surface area contributed by atoms with Gasteiger partial charge in [0.2, 0.25) is 0 Å². The molecule has 19 heavy (non-hydrogen) atoms. The Balaban J connectivity index is 2.15. The fourth-order valence-electron chi connectivity index (χ4n) is 3.35. The second-order valence-corrected chi connectivity index (χ2v) is 6.70. The highest BCUT2D eigenvalue weighted by Gasteiger charge is 2.24. The third-order valence-corrected chi connectivity index (χ3v) is 5.12. The summed E-state index contributed by atoms with van der Waals surface area (Å²) in [5, 5.41) is 3.86. The van der Waals surface area contributed by atoms with E-state index < -0.39 is 0 Å². The monoisotopic (exact) mass is 268 g/mol. The van der Waals surface area contributed by atoms with Crippen molar-refractivity contribution in [2.24, 2.45) is 11.8 Å². The topological polar surface area (TPSA) is 15.3 Å². The maximum atomic E-state index is 3.86. The molecule has 0 aromatic carbocycles. The number of nitrogens with zero attached hydrogens (tertiary/aromatic N) is 1. The van der Waals surface area contributed by atoms with E-state index in [1.807, 2.05) is 0 Å². The van der Waals surface area contributed by atoms with E-state index in [4.69, 9.17) is 0 Å². The maximum absolute atomic E-state index is 3.86. The van der Waals surface area contributed by atoms with E-state index in [0.717, 1.165) is 17.9 Å². The predicted octanol–water partition coefficient (Wildman–Crippen LogP) is 3.91. The van der Waals surface area contributed by atoms with Crippen LogP contribution in [0.2, 0.25) is 0 Å². The molecule has 114 valence electrons. The molecule has 1 saturated carbocycles. The van der Waals surface area contributed by atoms with E-state index in [1.54, 1.807) is 0 Å². The van der Waals surface area contributed by atoms with Crippen molar-refractivity contribution in [2.75, 3.05) is 19.6 Å². The van der Waals surface area contributed by atoms with Crippen molar-refractivity contribution in [3.8, 4) is 0 Å². The molecule has 0 saturated heterocycles. The van der Waals surface area contributed by atoms with Crippen LogP contribution in [0, 0.1) is 11.8 Å². The van der Waals surface area contributed by atoms with Crippen molar-refractivity contribution in [1.82, 2.24) is 10.2 Å². The van der Waals surface area contributed by atoms with Crippen LogP contribution >= 0.6 is 0 Å². The Kier molecular flexibility index (Phi) is 8.01. The van der Waals surface area contributed by atoms with Crippen LogP contribution in [0.4, 0.5) is 0 Å². The van der Waals surface area contributed by atoms with Gasteiger partial charge in [-0.15, -0.1) is 0 Å². The molecule has 2 heteroatoms. The summed E-state index contributed by atoms with van der Waals surface area (Å²) in [6.07, 6.45) is 6.81. The molecular weight excluding hydrogens is 232 g/mol. The van der Waals surface area contributed by atoms with E-state index >= 15 is 0 Å². The van der Waals surface area contributed by atoms with E-state index in [2.05, 4.69) is 44.8 Å². The van der Waals surface area contributed by atoms with Crippen molar-refractivity contribution >= 4 is 0 Å². The molecule has 2 nitrogen and oxygen atoms in total. The lowest BCUT2D eigenvalue weighted by molar-refractivity contribution is 0.212. The highest BCUT2D eigenvalue weighted by molar-refractivity contribution is 4.81. The molecule has 0 amide bonds. The molecule has 1 aliphatic carbocycles. The summed E-state index contributed by atoms with van der Waals surface area (Å²) >= 11 is 0. The van der Waals surface area contributed by atoms with Gasteiger partial charge in [0.1, 0.15) is 0 Å². The molecule has 1 N–H and O–H groups in total. The van der Waals surface area contributed by atoms with Gasteiger partial charge < -0.3 is 10.2 Å². The van der Waals surface area contributed by atoms with Crippen molar-refractivity contribution < 1.29 is 0 Å². The number of nitrogens with one attached hydrogen (secondary N) is 1. The van der Waals surface area contributed by atoms with E-state index in [-0.39, 0.29) is 0 Å². The van der Waals surface area contributed by atoms with Crippen molar-refractivity contribution in [2.45, 2.75) is 78.8 Å². The molecule has 0 radical (unpaired) electrons. The van der Waals surface area contributed by atoms with Gasteiger partial charge in [-0.2, -0.15) is 0 Å². The molecule has 0 aliphatic heterocycles. The zero-order valence-electron chi connectivity index (χ0n) is 13.9. The molecule has 0 heterocycles. The normalized spacial score (nSPS) is 29.7. The van der Waals surface area contributed by atoms with Gasteiger partial charge in [0.05, 0.1) is 0 Å². The van der Waals surface area contributed by atoms with Crippen LogP contribution < -0.4 is 5.32 Å². The summed E-state index contributed by atoms with van der Waals surface area (Å²) in [7, 11) is 0. The minimum atomic E-state index is 0.682. The first-order chi connectivity index (χ1) is 9.06. The summed E-state index contributed by atoms with van der Waals surface area (Å²) in [4.78, 5) is 2.52. The SMILES string of the molecule is CCN(CC)CCCC(C)NC1CCC(C)C(C)C1. The molecule has 4 atom stereocenters. The fourth-order valence-corrected chi connectivity index (χ4v) is 3.35. The van der Waals surface area contributed by atoms with Gasteiger partial charge >= 0.3 is 0 Å². The lowest BCUT2D eigenvalue weighted by Crippen LogP contribution is -2.41. The molecule has 4 unspecified atom stereocenters. The molecule has 0 aromatic heterocycles. The number of rotatable bonds is 8. The molecular formula is C17H36N2. The van der Waals surface area contributed by atoms with Crippen LogP contribution in [0.3, 0.4) is 0 Å². The Hall–Kier alpha value is -0.0800. The molecule has 1 fully saturated rings. The van der Waals surface area contributed by atoms with Crippen LogP contribution in [0.5, 0.6) is 0 Å². The van der Waals surface area contributed by atoms with Gasteiger partial charge in [0.15, 0.2) is 0 Å². The third-order valence-electron chi connectivity index (χ3n) is 5.12. The van der Waals surface area contributed by atoms with Gasteiger partial charge in [0, 0.05) is 12.1 Å². The summed E-state index contributed by atoms with van der Waals surface area (Å²) in [5.41, 5.74) is 0. The van der Waals surface area contributed by atoms with Gasteiger partial charge in [-0.3, -0.25) is 0 Å². The Morgan fingerprint density at radius 3 is 2.37 bits per heavy atom. The first-order valence-electron chi connectivity index (χ1n) is 8.55. The Labute approximate surface area is 121 Å². The van der Waals surface area contributed by atoms with Crippen molar-refractivity contribution in [3.63, 3.8) is 0 Å². The van der Waals surface area contributed by atoms with E-state index in [9.17, 15) is 0 Å². The fraction of sp³-hybridized carbons (Fsp3) is 1.00. The second kappa shape index (κ2) is 8.97. The standard InChI is InChI=1S/C17H36N2/c1-6-19(7-2)12-8-9-16(5)18-17-11-10-14(3)15(4)13-17/h14-18H,6-13H2,1-5H3. The van der Waals surface area contributed by atoms with E-state index in [1.165, 1.54) is 51.7 Å². The maximum Gasteiger partial charge on any atom is 0.00722 e. The molecule has 0 aromatic rings. The lowest BCUT2D eigenvalue weighted by Gasteiger charge is -2.34. The number of hydrogen-bond acceptors (Lipinski definition) is 2. The van der Waals surface area contributed by atoms with Gasteiger partial charge in [-0.1, -0.05) is 27.7 Å². The number of hydrogen-bond donors (Lipinski definition) is 1. The minimum absolute atomic E-state index is 0.682. The zero-order valence-corrected chi connectivity index (χ0v) is 13.9. The van der Waals surface area contributed by atoms with Crippen molar-refractivity contribution in [1.29, 1.82) is 0 Å². The van der Waals surface area contributed by atoms with Crippen LogP contribution in [0.25, 0.3) is 0 Å². The third kappa shape index (κ3) is 6.27. The average Bonchev–Trinajstić information content (AvgIpc) is 2.39. The Morgan fingerprint density at radius 2 is 1.79 bits per heavy atom. The van der Waals surface area contributed by atoms with Crippen LogP contribution in [0.15, 0.2) is 0 Å². The lowest BCUT2D eigenvalue weighted by atomic mass is 9.79. The summed E-state index contributed by atoms with van der Waals surface area (Å²) in [6, 6.07) is 1.45. The summed E-state index contributed by atoms with van der Waals surface area (Å²) < 4.78 is 0. The smallest absolute Gasteiger partial charge is 0.00722 e. The first kappa shape index (κ1) is 17.0. The minimum Gasteiger partial charge on any atom is -0.311 e. The zero-order chi connectivity index (χ0) is 14.3. The molecule has 0 bridgehead atoms. The van der Waals surface area contributed by atoms with Gasteiger partial charge in [-0.05, 0) is 70.5 Å². The summed E-state index contributed by atoms with van der Waals surface area (Å²) in [6.45, 7) is 15.4. The highest BCUT2D eigenvalue weighted by Crippen LogP contribution is 2.29. The highest BCUT2D eigenvalue weighted by atomic mass is 15.1. The molecule has 1 rings (SSSR count). The predicted molar refractivity (Wildman–Crippen MR) is 85.6 cm³/mol. The summed E-state index contributed by atoms with van der Waals surface area (Å²) in [5.74, 6) is 1.82.